The molecule has 2 aromatic carbocycles. The van der Waals surface area contributed by atoms with Gasteiger partial charge in [-0.1, -0.05) is 12.1 Å². The summed E-state index contributed by atoms with van der Waals surface area (Å²) in [7, 11) is 0. The molecule has 7 heteroatoms. The normalized spacial score (nSPS) is 10.7. The average molecular weight is 422 g/mol. The fourth-order valence-electron chi connectivity index (χ4n) is 3.14. The summed E-state index contributed by atoms with van der Waals surface area (Å²) < 4.78 is 10.6. The quantitative estimate of drug-likeness (QED) is 0.568. The van der Waals surface area contributed by atoms with Gasteiger partial charge in [-0.25, -0.2) is 0 Å². The van der Waals surface area contributed by atoms with E-state index in [4.69, 9.17) is 9.15 Å². The molecule has 0 fully saturated rings. The van der Waals surface area contributed by atoms with E-state index < -0.39 is 18.5 Å². The van der Waals surface area contributed by atoms with E-state index in [9.17, 15) is 14.4 Å². The lowest BCUT2D eigenvalue weighted by atomic mass is 10.0. The van der Waals surface area contributed by atoms with Gasteiger partial charge in [-0.2, -0.15) is 0 Å². The molecule has 0 bridgehead atoms. The molecule has 31 heavy (non-hydrogen) atoms. The molecule has 162 valence electrons. The number of carbonyl (C=O) groups excluding carboxylic acids is 3. The van der Waals surface area contributed by atoms with Crippen molar-refractivity contribution in [3.8, 4) is 0 Å². The smallest absolute Gasteiger partial charge is 0.310 e. The van der Waals surface area contributed by atoms with Crippen LogP contribution in [0.5, 0.6) is 0 Å². The lowest BCUT2D eigenvalue weighted by Gasteiger charge is -2.11. The van der Waals surface area contributed by atoms with Gasteiger partial charge in [0.1, 0.15) is 5.58 Å². The lowest BCUT2D eigenvalue weighted by Crippen LogP contribution is -2.35. The van der Waals surface area contributed by atoms with Crippen molar-refractivity contribution >= 4 is 34.4 Å². The SMILES string of the molecule is Cc1cc2occ(CC(=O)OCC(=O)NCC(=O)Nc3cccc(C)c3C)c2cc1C. The molecule has 0 aliphatic rings. The second kappa shape index (κ2) is 9.47. The summed E-state index contributed by atoms with van der Waals surface area (Å²) in [6.07, 6.45) is 1.53. The summed E-state index contributed by atoms with van der Waals surface area (Å²) in [6.45, 7) is 7.18. The van der Waals surface area contributed by atoms with Gasteiger partial charge in [0, 0.05) is 16.6 Å². The van der Waals surface area contributed by atoms with Crippen LogP contribution in [-0.2, 0) is 25.5 Å². The Morgan fingerprint density at radius 3 is 2.48 bits per heavy atom. The summed E-state index contributed by atoms with van der Waals surface area (Å²) in [5, 5.41) is 6.06. The Morgan fingerprint density at radius 2 is 1.71 bits per heavy atom. The minimum Gasteiger partial charge on any atom is -0.464 e. The van der Waals surface area contributed by atoms with Crippen LogP contribution in [0.3, 0.4) is 0 Å². The van der Waals surface area contributed by atoms with Crippen molar-refractivity contribution in [3.63, 3.8) is 0 Å². The van der Waals surface area contributed by atoms with E-state index in [1.807, 2.05) is 52.0 Å². The number of fused-ring (bicyclic) bond motifs is 1. The molecule has 0 unspecified atom stereocenters. The topological polar surface area (TPSA) is 97.6 Å². The highest BCUT2D eigenvalue weighted by atomic mass is 16.5. The molecule has 0 aliphatic carbocycles. The Balaban J connectivity index is 1.45. The Morgan fingerprint density at radius 1 is 0.968 bits per heavy atom. The van der Waals surface area contributed by atoms with Crippen LogP contribution in [0.25, 0.3) is 11.0 Å². The molecule has 3 rings (SSSR count). The second-order valence-corrected chi connectivity index (χ2v) is 7.60. The highest BCUT2D eigenvalue weighted by Crippen LogP contribution is 2.25. The zero-order chi connectivity index (χ0) is 22.5. The Bertz CT molecular complexity index is 1150. The number of furan rings is 1. The molecule has 3 aromatic rings. The number of nitrogens with one attached hydrogen (secondary N) is 2. The van der Waals surface area contributed by atoms with Crippen molar-refractivity contribution in [1.82, 2.24) is 5.32 Å². The third-order valence-corrected chi connectivity index (χ3v) is 5.29. The predicted octanol–water partition coefficient (Wildman–Crippen LogP) is 3.51. The van der Waals surface area contributed by atoms with Gasteiger partial charge in [-0.05, 0) is 68.1 Å². The largest absolute Gasteiger partial charge is 0.464 e. The van der Waals surface area contributed by atoms with E-state index in [1.54, 1.807) is 6.07 Å². The highest BCUT2D eigenvalue weighted by molar-refractivity contribution is 5.95. The summed E-state index contributed by atoms with van der Waals surface area (Å²) in [5.41, 5.74) is 6.34. The molecule has 1 heterocycles. The van der Waals surface area contributed by atoms with Crippen molar-refractivity contribution < 1.29 is 23.5 Å². The molecule has 0 saturated carbocycles. The third kappa shape index (κ3) is 5.51. The van der Waals surface area contributed by atoms with Crippen LogP contribution in [0.15, 0.2) is 41.0 Å². The van der Waals surface area contributed by atoms with E-state index in [-0.39, 0.29) is 18.9 Å². The van der Waals surface area contributed by atoms with E-state index in [2.05, 4.69) is 10.6 Å². The van der Waals surface area contributed by atoms with Gasteiger partial charge in [0.15, 0.2) is 6.61 Å². The molecule has 1 aromatic heterocycles. The second-order valence-electron chi connectivity index (χ2n) is 7.60. The molecule has 0 radical (unpaired) electrons. The lowest BCUT2D eigenvalue weighted by molar-refractivity contribution is -0.147. The fraction of sp³-hybridized carbons (Fsp3) is 0.292. The Labute approximate surface area is 180 Å². The molecule has 7 nitrogen and oxygen atoms in total. The van der Waals surface area contributed by atoms with Crippen LogP contribution >= 0.6 is 0 Å². The first-order valence-corrected chi connectivity index (χ1v) is 10.0. The van der Waals surface area contributed by atoms with Gasteiger partial charge >= 0.3 is 5.97 Å². The summed E-state index contributed by atoms with van der Waals surface area (Å²) in [6, 6.07) is 9.50. The summed E-state index contributed by atoms with van der Waals surface area (Å²) in [5.74, 6) is -1.45. The van der Waals surface area contributed by atoms with Gasteiger partial charge in [-0.3, -0.25) is 14.4 Å². The van der Waals surface area contributed by atoms with Crippen LogP contribution in [0.4, 0.5) is 5.69 Å². The van der Waals surface area contributed by atoms with Crippen molar-refractivity contribution in [2.24, 2.45) is 0 Å². The Hall–Kier alpha value is -3.61. The molecule has 2 N–H and O–H groups in total. The fourth-order valence-corrected chi connectivity index (χ4v) is 3.14. The standard InChI is InChI=1S/C24H26N2O5/c1-14-6-5-7-20(17(14)4)26-22(27)11-25-23(28)13-31-24(29)10-18-12-30-21-9-16(3)15(2)8-19(18)21/h5-9,12H,10-11,13H2,1-4H3,(H,25,28)(H,26,27). The molecular weight excluding hydrogens is 396 g/mol. The van der Waals surface area contributed by atoms with Crippen LogP contribution in [-0.4, -0.2) is 30.9 Å². The van der Waals surface area contributed by atoms with Crippen LogP contribution in [0.1, 0.15) is 27.8 Å². The highest BCUT2D eigenvalue weighted by Gasteiger charge is 2.14. The Kier molecular flexibility index (Phi) is 6.74. The number of aryl methyl sites for hydroxylation is 3. The van der Waals surface area contributed by atoms with Crippen LogP contribution in [0, 0.1) is 27.7 Å². The first-order chi connectivity index (χ1) is 14.7. The number of anilines is 1. The van der Waals surface area contributed by atoms with E-state index in [0.29, 0.717) is 16.8 Å². The van der Waals surface area contributed by atoms with Gasteiger partial charge in [0.25, 0.3) is 5.91 Å². The van der Waals surface area contributed by atoms with E-state index in [0.717, 1.165) is 27.6 Å². The number of esters is 1. The molecule has 0 atom stereocenters. The van der Waals surface area contributed by atoms with Crippen molar-refractivity contribution in [2.45, 2.75) is 34.1 Å². The number of benzene rings is 2. The van der Waals surface area contributed by atoms with E-state index in [1.165, 1.54) is 6.26 Å². The molecular formula is C24H26N2O5. The van der Waals surface area contributed by atoms with Crippen LogP contribution in [0.2, 0.25) is 0 Å². The maximum atomic E-state index is 12.1. The van der Waals surface area contributed by atoms with E-state index >= 15 is 0 Å². The van der Waals surface area contributed by atoms with Gasteiger partial charge in [-0.15, -0.1) is 0 Å². The zero-order valence-electron chi connectivity index (χ0n) is 18.1. The molecule has 0 aliphatic heterocycles. The first-order valence-electron chi connectivity index (χ1n) is 10.0. The van der Waals surface area contributed by atoms with Gasteiger partial charge in [0.05, 0.1) is 19.2 Å². The number of amides is 2. The van der Waals surface area contributed by atoms with Crippen molar-refractivity contribution in [1.29, 1.82) is 0 Å². The summed E-state index contributed by atoms with van der Waals surface area (Å²) in [4.78, 5) is 36.1. The monoisotopic (exact) mass is 422 g/mol. The minimum atomic E-state index is -0.548. The maximum Gasteiger partial charge on any atom is 0.310 e. The molecule has 0 spiro atoms. The van der Waals surface area contributed by atoms with Crippen molar-refractivity contribution in [3.05, 3.63) is 64.4 Å². The van der Waals surface area contributed by atoms with Gasteiger partial charge < -0.3 is 19.8 Å². The average Bonchev–Trinajstić information content (AvgIpc) is 3.10. The predicted molar refractivity (Wildman–Crippen MR) is 118 cm³/mol. The van der Waals surface area contributed by atoms with Crippen molar-refractivity contribution in [2.75, 3.05) is 18.5 Å². The number of ether oxygens (including phenoxy) is 1. The number of hydrogen-bond acceptors (Lipinski definition) is 5. The maximum absolute atomic E-state index is 12.1. The summed E-state index contributed by atoms with van der Waals surface area (Å²) >= 11 is 0. The molecule has 2 amide bonds. The van der Waals surface area contributed by atoms with Gasteiger partial charge in [0.2, 0.25) is 5.91 Å². The van der Waals surface area contributed by atoms with Crippen LogP contribution < -0.4 is 10.6 Å². The minimum absolute atomic E-state index is 0.00407. The number of carbonyl (C=O) groups is 3. The number of hydrogen-bond donors (Lipinski definition) is 2. The first kappa shape index (κ1) is 22.1. The molecule has 0 saturated heterocycles. The third-order valence-electron chi connectivity index (χ3n) is 5.29. The number of rotatable bonds is 7. The zero-order valence-corrected chi connectivity index (χ0v) is 18.1.